The maximum atomic E-state index is 9.37. The molecule has 0 fully saturated rings. The van der Waals surface area contributed by atoms with Crippen molar-refractivity contribution in [3.05, 3.63) is 35.9 Å². The predicted molar refractivity (Wildman–Crippen MR) is 80.8 cm³/mol. The fourth-order valence-electron chi connectivity index (χ4n) is 2.28. The number of hydrazine groups is 1. The minimum absolute atomic E-state index is 0.174. The van der Waals surface area contributed by atoms with E-state index in [1.165, 1.54) is 18.4 Å². The van der Waals surface area contributed by atoms with E-state index in [2.05, 4.69) is 48.5 Å². The summed E-state index contributed by atoms with van der Waals surface area (Å²) in [5.74, 6) is 0. The number of rotatable bonds is 9. The first-order valence-corrected chi connectivity index (χ1v) is 7.37. The fourth-order valence-corrected chi connectivity index (χ4v) is 2.28. The van der Waals surface area contributed by atoms with Gasteiger partial charge in [-0.25, -0.2) is 10.4 Å². The predicted octanol–water partition coefficient (Wildman–Crippen LogP) is 3.13. The largest absolute Gasteiger partial charge is 0.395 e. The molecule has 0 heterocycles. The van der Waals surface area contributed by atoms with Crippen LogP contribution in [0.5, 0.6) is 0 Å². The first-order valence-electron chi connectivity index (χ1n) is 7.37. The Labute approximate surface area is 117 Å². The third-order valence-corrected chi connectivity index (χ3v) is 3.64. The Morgan fingerprint density at radius 2 is 1.89 bits per heavy atom. The third-order valence-electron chi connectivity index (χ3n) is 3.64. The van der Waals surface area contributed by atoms with E-state index in [0.717, 1.165) is 12.8 Å². The number of benzene rings is 1. The molecular formula is C16H28N2O. The lowest BCUT2D eigenvalue weighted by Crippen LogP contribution is -2.46. The molecule has 0 amide bonds. The SMILES string of the molecule is CCCC[C@@H](NN(C)[C@H](CC)CO)c1ccccc1. The van der Waals surface area contributed by atoms with E-state index >= 15 is 0 Å². The Hall–Kier alpha value is -0.900. The van der Waals surface area contributed by atoms with Crippen LogP contribution in [-0.2, 0) is 0 Å². The van der Waals surface area contributed by atoms with Crippen LogP contribution in [-0.4, -0.2) is 29.8 Å². The summed E-state index contributed by atoms with van der Waals surface area (Å²) in [5, 5.41) is 11.4. The zero-order valence-electron chi connectivity index (χ0n) is 12.5. The molecule has 0 bridgehead atoms. The van der Waals surface area contributed by atoms with Gasteiger partial charge in [-0.15, -0.1) is 0 Å². The normalized spacial score (nSPS) is 14.6. The van der Waals surface area contributed by atoms with Gasteiger partial charge in [0, 0.05) is 19.1 Å². The van der Waals surface area contributed by atoms with Crippen molar-refractivity contribution in [2.24, 2.45) is 0 Å². The molecule has 1 rings (SSSR count). The molecule has 108 valence electrons. The summed E-state index contributed by atoms with van der Waals surface area (Å²) in [6, 6.07) is 11.0. The summed E-state index contributed by atoms with van der Waals surface area (Å²) in [4.78, 5) is 0. The Morgan fingerprint density at radius 1 is 1.21 bits per heavy atom. The summed E-state index contributed by atoms with van der Waals surface area (Å²) in [6.07, 6.45) is 4.46. The Balaban J connectivity index is 2.69. The molecule has 0 aliphatic rings. The van der Waals surface area contributed by atoms with Gasteiger partial charge in [0.05, 0.1) is 6.61 Å². The lowest BCUT2D eigenvalue weighted by molar-refractivity contribution is 0.0802. The molecule has 19 heavy (non-hydrogen) atoms. The summed E-state index contributed by atoms with van der Waals surface area (Å²) in [7, 11) is 2.02. The number of aliphatic hydroxyl groups excluding tert-OH is 1. The van der Waals surface area contributed by atoms with Crippen LogP contribution in [0.1, 0.15) is 51.1 Å². The number of likely N-dealkylation sites (N-methyl/N-ethyl adjacent to an activating group) is 1. The lowest BCUT2D eigenvalue weighted by atomic mass is 10.0. The van der Waals surface area contributed by atoms with Crippen molar-refractivity contribution >= 4 is 0 Å². The van der Waals surface area contributed by atoms with Crippen molar-refractivity contribution in [3.63, 3.8) is 0 Å². The molecule has 1 aromatic rings. The monoisotopic (exact) mass is 264 g/mol. The molecule has 2 atom stereocenters. The van der Waals surface area contributed by atoms with Gasteiger partial charge < -0.3 is 5.11 Å². The standard InChI is InChI=1S/C16H28N2O/c1-4-6-12-16(14-10-8-7-9-11-14)17-18(3)15(5-2)13-19/h7-11,15-17,19H,4-6,12-13H2,1-3H3/t15-,16-/m1/s1. The highest BCUT2D eigenvalue weighted by atomic mass is 16.3. The summed E-state index contributed by atoms with van der Waals surface area (Å²) in [6.45, 7) is 4.51. The van der Waals surface area contributed by atoms with Gasteiger partial charge in [0.15, 0.2) is 0 Å². The molecule has 0 spiro atoms. The average molecular weight is 264 g/mol. The molecule has 0 unspecified atom stereocenters. The van der Waals surface area contributed by atoms with Gasteiger partial charge in [0.1, 0.15) is 0 Å². The van der Waals surface area contributed by atoms with Crippen molar-refractivity contribution < 1.29 is 5.11 Å². The molecule has 3 nitrogen and oxygen atoms in total. The van der Waals surface area contributed by atoms with E-state index in [0.29, 0.717) is 6.04 Å². The average Bonchev–Trinajstić information content (AvgIpc) is 2.45. The number of aliphatic hydroxyl groups is 1. The maximum absolute atomic E-state index is 9.37. The molecule has 0 aliphatic heterocycles. The quantitative estimate of drug-likeness (QED) is 0.673. The zero-order chi connectivity index (χ0) is 14.1. The molecule has 0 aromatic heterocycles. The zero-order valence-corrected chi connectivity index (χ0v) is 12.5. The topological polar surface area (TPSA) is 35.5 Å². The number of unbranched alkanes of at least 4 members (excludes halogenated alkanes) is 1. The van der Waals surface area contributed by atoms with E-state index in [1.54, 1.807) is 0 Å². The van der Waals surface area contributed by atoms with Gasteiger partial charge in [-0.05, 0) is 18.4 Å². The third kappa shape index (κ3) is 5.31. The first-order chi connectivity index (χ1) is 9.22. The Kier molecular flexibility index (Phi) is 7.72. The van der Waals surface area contributed by atoms with E-state index in [4.69, 9.17) is 0 Å². The fraction of sp³-hybridized carbons (Fsp3) is 0.625. The molecule has 3 heteroatoms. The number of nitrogens with zero attached hydrogens (tertiary/aromatic N) is 1. The van der Waals surface area contributed by atoms with Crippen molar-refractivity contribution in [1.82, 2.24) is 10.4 Å². The van der Waals surface area contributed by atoms with E-state index in [1.807, 2.05) is 13.1 Å². The van der Waals surface area contributed by atoms with E-state index in [-0.39, 0.29) is 12.6 Å². The van der Waals surface area contributed by atoms with Crippen LogP contribution in [0.25, 0.3) is 0 Å². The second-order valence-corrected chi connectivity index (χ2v) is 5.09. The van der Waals surface area contributed by atoms with Gasteiger partial charge >= 0.3 is 0 Å². The molecule has 0 radical (unpaired) electrons. The van der Waals surface area contributed by atoms with Gasteiger partial charge in [-0.3, -0.25) is 0 Å². The maximum Gasteiger partial charge on any atom is 0.0600 e. The van der Waals surface area contributed by atoms with Gasteiger partial charge in [0.25, 0.3) is 0 Å². The van der Waals surface area contributed by atoms with Crippen LogP contribution in [0.2, 0.25) is 0 Å². The van der Waals surface area contributed by atoms with E-state index in [9.17, 15) is 5.11 Å². The van der Waals surface area contributed by atoms with Crippen LogP contribution < -0.4 is 5.43 Å². The summed E-state index contributed by atoms with van der Waals surface area (Å²) >= 11 is 0. The van der Waals surface area contributed by atoms with Crippen LogP contribution in [0.4, 0.5) is 0 Å². The Morgan fingerprint density at radius 3 is 2.42 bits per heavy atom. The smallest absolute Gasteiger partial charge is 0.0600 e. The highest BCUT2D eigenvalue weighted by Crippen LogP contribution is 2.20. The highest BCUT2D eigenvalue weighted by Gasteiger charge is 2.17. The second kappa shape index (κ2) is 9.08. The number of nitrogens with one attached hydrogen (secondary N) is 1. The lowest BCUT2D eigenvalue weighted by Gasteiger charge is -2.31. The molecule has 0 saturated carbocycles. The van der Waals surface area contributed by atoms with Crippen LogP contribution in [0.15, 0.2) is 30.3 Å². The van der Waals surface area contributed by atoms with Crippen LogP contribution >= 0.6 is 0 Å². The minimum atomic E-state index is 0.174. The van der Waals surface area contributed by atoms with Crippen LogP contribution in [0.3, 0.4) is 0 Å². The molecule has 2 N–H and O–H groups in total. The van der Waals surface area contributed by atoms with Crippen molar-refractivity contribution in [2.45, 2.75) is 51.6 Å². The summed E-state index contributed by atoms with van der Waals surface area (Å²) < 4.78 is 0. The van der Waals surface area contributed by atoms with Gasteiger partial charge in [-0.2, -0.15) is 0 Å². The van der Waals surface area contributed by atoms with E-state index < -0.39 is 0 Å². The Bertz CT molecular complexity index is 325. The number of hydrogen-bond donors (Lipinski definition) is 2. The highest BCUT2D eigenvalue weighted by molar-refractivity contribution is 5.18. The second-order valence-electron chi connectivity index (χ2n) is 5.09. The van der Waals surface area contributed by atoms with Gasteiger partial charge in [0.2, 0.25) is 0 Å². The molecular weight excluding hydrogens is 236 g/mol. The van der Waals surface area contributed by atoms with Crippen molar-refractivity contribution in [1.29, 1.82) is 0 Å². The van der Waals surface area contributed by atoms with Crippen molar-refractivity contribution in [2.75, 3.05) is 13.7 Å². The van der Waals surface area contributed by atoms with Gasteiger partial charge in [-0.1, -0.05) is 57.0 Å². The van der Waals surface area contributed by atoms with Crippen molar-refractivity contribution in [3.8, 4) is 0 Å². The molecule has 0 aliphatic carbocycles. The first kappa shape index (κ1) is 16.2. The molecule has 0 saturated heterocycles. The number of hydrogen-bond acceptors (Lipinski definition) is 3. The minimum Gasteiger partial charge on any atom is -0.395 e. The van der Waals surface area contributed by atoms with Crippen LogP contribution in [0, 0.1) is 0 Å². The molecule has 1 aromatic carbocycles. The summed E-state index contributed by atoms with van der Waals surface area (Å²) in [5.41, 5.74) is 4.86.